The lowest BCUT2D eigenvalue weighted by molar-refractivity contribution is 0.280. The van der Waals surface area contributed by atoms with Crippen molar-refractivity contribution in [3.05, 3.63) is 29.3 Å². The third-order valence-electron chi connectivity index (χ3n) is 4.73. The molecule has 2 rings (SSSR count). The van der Waals surface area contributed by atoms with Crippen LogP contribution < -0.4 is 15.4 Å². The largest absolute Gasteiger partial charge is 0.496 e. The average molecular weight is 362 g/mol. The summed E-state index contributed by atoms with van der Waals surface area (Å²) in [5.74, 6) is 1.76. The maximum Gasteiger partial charge on any atom is 0.191 e. The van der Waals surface area contributed by atoms with E-state index in [0.29, 0.717) is 6.54 Å². The van der Waals surface area contributed by atoms with E-state index in [1.165, 1.54) is 25.1 Å². The highest BCUT2D eigenvalue weighted by Gasteiger charge is 2.11. The monoisotopic (exact) mass is 361 g/mol. The topological polar surface area (TPSA) is 52.1 Å². The van der Waals surface area contributed by atoms with E-state index in [-0.39, 0.29) is 0 Å². The first-order valence-corrected chi connectivity index (χ1v) is 9.69. The van der Waals surface area contributed by atoms with Crippen LogP contribution in [0.15, 0.2) is 23.2 Å². The van der Waals surface area contributed by atoms with Crippen molar-refractivity contribution >= 4 is 5.96 Å². The first kappa shape index (κ1) is 20.5. The fourth-order valence-corrected chi connectivity index (χ4v) is 3.14. The van der Waals surface area contributed by atoms with Crippen LogP contribution >= 0.6 is 0 Å². The van der Waals surface area contributed by atoms with Crippen LogP contribution in [0, 0.1) is 6.92 Å². The first-order valence-electron chi connectivity index (χ1n) is 9.69. The Kier molecular flexibility index (Phi) is 8.71. The molecular weight excluding hydrogens is 326 g/mol. The van der Waals surface area contributed by atoms with Crippen LogP contribution in [0.2, 0.25) is 0 Å². The molecule has 0 unspecified atom stereocenters. The molecule has 1 fully saturated rings. The Labute approximate surface area is 158 Å². The third-order valence-corrected chi connectivity index (χ3v) is 4.73. The number of aliphatic imine (C=N–C) groups is 1. The van der Waals surface area contributed by atoms with E-state index in [4.69, 9.17) is 9.73 Å². The Morgan fingerprint density at radius 3 is 2.81 bits per heavy atom. The van der Waals surface area contributed by atoms with Crippen LogP contribution in [0.25, 0.3) is 0 Å². The molecule has 1 saturated heterocycles. The van der Waals surface area contributed by atoms with Crippen molar-refractivity contribution in [2.75, 3.05) is 60.0 Å². The Morgan fingerprint density at radius 2 is 2.04 bits per heavy atom. The van der Waals surface area contributed by atoms with Gasteiger partial charge >= 0.3 is 0 Å². The van der Waals surface area contributed by atoms with Gasteiger partial charge in [0, 0.05) is 38.3 Å². The molecule has 2 N–H and O–H groups in total. The van der Waals surface area contributed by atoms with Crippen molar-refractivity contribution in [2.24, 2.45) is 4.99 Å². The summed E-state index contributed by atoms with van der Waals surface area (Å²) in [5, 5.41) is 6.79. The van der Waals surface area contributed by atoms with Gasteiger partial charge in [0.2, 0.25) is 0 Å². The summed E-state index contributed by atoms with van der Waals surface area (Å²) in [5.41, 5.74) is 2.30. The average Bonchev–Trinajstić information content (AvgIpc) is 2.84. The number of ether oxygens (including phenoxy) is 1. The minimum Gasteiger partial charge on any atom is -0.496 e. The van der Waals surface area contributed by atoms with Gasteiger partial charge < -0.3 is 25.2 Å². The molecule has 1 heterocycles. The normalized spacial score (nSPS) is 17.0. The molecule has 0 amide bonds. The summed E-state index contributed by atoms with van der Waals surface area (Å²) in [7, 11) is 3.92. The Morgan fingerprint density at radius 1 is 1.19 bits per heavy atom. The van der Waals surface area contributed by atoms with Crippen LogP contribution in [-0.2, 0) is 6.54 Å². The number of nitrogens with one attached hydrogen (secondary N) is 2. The molecule has 1 aliphatic rings. The lowest BCUT2D eigenvalue weighted by Crippen LogP contribution is -2.42. The second kappa shape index (κ2) is 11.0. The number of nitrogens with zero attached hydrogens (tertiary/aromatic N) is 3. The molecule has 26 heavy (non-hydrogen) atoms. The number of rotatable bonds is 7. The maximum absolute atomic E-state index is 5.48. The quantitative estimate of drug-likeness (QED) is 0.572. The van der Waals surface area contributed by atoms with Crippen LogP contribution in [-0.4, -0.2) is 75.7 Å². The van der Waals surface area contributed by atoms with Gasteiger partial charge in [0.25, 0.3) is 0 Å². The van der Waals surface area contributed by atoms with Crippen molar-refractivity contribution in [1.82, 2.24) is 20.4 Å². The summed E-state index contributed by atoms with van der Waals surface area (Å²) >= 11 is 0. The zero-order valence-corrected chi connectivity index (χ0v) is 16.8. The van der Waals surface area contributed by atoms with Gasteiger partial charge in [-0.15, -0.1) is 0 Å². The molecule has 0 aliphatic carbocycles. The predicted octanol–water partition coefficient (Wildman–Crippen LogP) is 1.70. The van der Waals surface area contributed by atoms with Crippen molar-refractivity contribution < 1.29 is 4.74 Å². The summed E-state index contributed by atoms with van der Waals surface area (Å²) < 4.78 is 5.48. The number of benzene rings is 1. The lowest BCUT2D eigenvalue weighted by atomic mass is 10.1. The van der Waals surface area contributed by atoms with Gasteiger partial charge in [-0.2, -0.15) is 0 Å². The molecule has 1 aliphatic heterocycles. The molecule has 0 radical (unpaired) electrons. The molecule has 146 valence electrons. The molecular formula is C20H35N5O. The van der Waals surface area contributed by atoms with Gasteiger partial charge in [0.1, 0.15) is 5.75 Å². The van der Waals surface area contributed by atoms with Crippen LogP contribution in [0.3, 0.4) is 0 Å². The molecule has 0 atom stereocenters. The standard InChI is InChI=1S/C20H35N5O/c1-5-21-20(22-9-12-25-11-6-10-24(3)13-14-25)23-16-18-8-7-17(2)15-19(18)26-4/h7-8,15H,5-6,9-14,16H2,1-4H3,(H2,21,22,23). The number of aryl methyl sites for hydroxylation is 1. The van der Waals surface area contributed by atoms with Gasteiger partial charge in [0.15, 0.2) is 5.96 Å². The molecule has 0 spiro atoms. The molecule has 6 nitrogen and oxygen atoms in total. The van der Waals surface area contributed by atoms with Gasteiger partial charge in [-0.3, -0.25) is 0 Å². The van der Waals surface area contributed by atoms with Crippen LogP contribution in [0.5, 0.6) is 5.75 Å². The Bertz CT molecular complexity index is 575. The predicted molar refractivity (Wildman–Crippen MR) is 109 cm³/mol. The van der Waals surface area contributed by atoms with E-state index >= 15 is 0 Å². The Balaban J connectivity index is 1.86. The van der Waals surface area contributed by atoms with Gasteiger partial charge in [-0.1, -0.05) is 12.1 Å². The van der Waals surface area contributed by atoms with Gasteiger partial charge in [0.05, 0.1) is 13.7 Å². The van der Waals surface area contributed by atoms with Gasteiger partial charge in [-0.05, 0) is 52.0 Å². The lowest BCUT2D eigenvalue weighted by Gasteiger charge is -2.21. The molecule has 6 heteroatoms. The third kappa shape index (κ3) is 6.84. The summed E-state index contributed by atoms with van der Waals surface area (Å²) in [4.78, 5) is 9.66. The van der Waals surface area contributed by atoms with E-state index in [0.717, 1.165) is 50.0 Å². The highest BCUT2D eigenvalue weighted by molar-refractivity contribution is 5.79. The first-order chi connectivity index (χ1) is 12.6. The molecule has 0 saturated carbocycles. The van der Waals surface area contributed by atoms with Gasteiger partial charge in [-0.25, -0.2) is 4.99 Å². The second-order valence-electron chi connectivity index (χ2n) is 6.94. The molecule has 0 bridgehead atoms. The molecule has 1 aromatic carbocycles. The van der Waals surface area contributed by atoms with E-state index in [9.17, 15) is 0 Å². The second-order valence-corrected chi connectivity index (χ2v) is 6.94. The van der Waals surface area contributed by atoms with Crippen molar-refractivity contribution in [1.29, 1.82) is 0 Å². The van der Waals surface area contributed by atoms with E-state index in [1.54, 1.807) is 7.11 Å². The van der Waals surface area contributed by atoms with Crippen LogP contribution in [0.1, 0.15) is 24.5 Å². The van der Waals surface area contributed by atoms with E-state index in [1.807, 2.05) is 0 Å². The minimum atomic E-state index is 0.604. The number of methoxy groups -OCH3 is 1. The number of hydrogen-bond donors (Lipinski definition) is 2. The summed E-state index contributed by atoms with van der Waals surface area (Å²) in [6, 6.07) is 6.25. The van der Waals surface area contributed by atoms with E-state index < -0.39 is 0 Å². The zero-order valence-electron chi connectivity index (χ0n) is 16.8. The van der Waals surface area contributed by atoms with Crippen molar-refractivity contribution in [3.8, 4) is 5.75 Å². The molecule has 1 aromatic rings. The van der Waals surface area contributed by atoms with E-state index in [2.05, 4.69) is 59.5 Å². The van der Waals surface area contributed by atoms with Crippen molar-refractivity contribution in [2.45, 2.75) is 26.8 Å². The van der Waals surface area contributed by atoms with Crippen molar-refractivity contribution in [3.63, 3.8) is 0 Å². The number of likely N-dealkylation sites (N-methyl/N-ethyl adjacent to an activating group) is 1. The maximum atomic E-state index is 5.48. The number of hydrogen-bond acceptors (Lipinski definition) is 4. The highest BCUT2D eigenvalue weighted by Crippen LogP contribution is 2.20. The Hall–Kier alpha value is -1.79. The van der Waals surface area contributed by atoms with Crippen LogP contribution in [0.4, 0.5) is 0 Å². The number of guanidine groups is 1. The fraction of sp³-hybridized carbons (Fsp3) is 0.650. The highest BCUT2D eigenvalue weighted by atomic mass is 16.5. The zero-order chi connectivity index (χ0) is 18.8. The molecule has 0 aromatic heterocycles. The SMILES string of the molecule is CCNC(=NCc1ccc(C)cc1OC)NCCN1CCCN(C)CC1. The summed E-state index contributed by atoms with van der Waals surface area (Å²) in [6.45, 7) is 12.3. The summed E-state index contributed by atoms with van der Waals surface area (Å²) in [6.07, 6.45) is 1.25. The minimum absolute atomic E-state index is 0.604. The fourth-order valence-electron chi connectivity index (χ4n) is 3.14. The smallest absolute Gasteiger partial charge is 0.191 e.